The molecule has 1 aliphatic rings. The van der Waals surface area contributed by atoms with E-state index in [1.165, 1.54) is 25.7 Å². The van der Waals surface area contributed by atoms with Crippen molar-refractivity contribution in [2.75, 3.05) is 19.7 Å². The summed E-state index contributed by atoms with van der Waals surface area (Å²) >= 11 is 0. The van der Waals surface area contributed by atoms with Gasteiger partial charge in [0.05, 0.1) is 12.1 Å². The first-order valence-electron chi connectivity index (χ1n) is 8.42. The van der Waals surface area contributed by atoms with E-state index in [-0.39, 0.29) is 24.6 Å². The van der Waals surface area contributed by atoms with E-state index in [0.717, 1.165) is 18.7 Å². The zero-order chi connectivity index (χ0) is 15.8. The number of aliphatic hydroxyl groups excluding tert-OH is 1. The van der Waals surface area contributed by atoms with Gasteiger partial charge in [-0.25, -0.2) is 0 Å². The molecule has 4 heteroatoms. The van der Waals surface area contributed by atoms with Crippen molar-refractivity contribution in [3.05, 3.63) is 35.9 Å². The molecule has 1 amide bonds. The Bertz CT molecular complexity index is 442. The third-order valence-corrected chi connectivity index (χ3v) is 4.50. The van der Waals surface area contributed by atoms with Crippen LogP contribution in [0.3, 0.4) is 0 Å². The standard InChI is InChI=1S/C18H28N2O2/c1-15(20-12-7-2-3-8-13-20)18(22)19-17(11-14-21)16-9-5-4-6-10-16/h4-6,9-10,15,17,21H,2-3,7-8,11-14H2,1H3,(H,19,22). The Morgan fingerprint density at radius 3 is 2.41 bits per heavy atom. The molecule has 0 radical (unpaired) electrons. The number of hydrogen-bond donors (Lipinski definition) is 2. The Hall–Kier alpha value is -1.39. The number of amides is 1. The maximum Gasteiger partial charge on any atom is 0.237 e. The number of hydrogen-bond acceptors (Lipinski definition) is 3. The van der Waals surface area contributed by atoms with Gasteiger partial charge >= 0.3 is 0 Å². The summed E-state index contributed by atoms with van der Waals surface area (Å²) in [6.45, 7) is 4.06. The van der Waals surface area contributed by atoms with Crippen LogP contribution in [0.15, 0.2) is 30.3 Å². The van der Waals surface area contributed by atoms with E-state index in [0.29, 0.717) is 6.42 Å². The zero-order valence-electron chi connectivity index (χ0n) is 13.5. The minimum absolute atomic E-state index is 0.0594. The van der Waals surface area contributed by atoms with Crippen molar-refractivity contribution in [2.45, 2.75) is 51.1 Å². The van der Waals surface area contributed by atoms with Gasteiger partial charge in [0.2, 0.25) is 5.91 Å². The van der Waals surface area contributed by atoms with E-state index in [1.807, 2.05) is 37.3 Å². The Balaban J connectivity index is 1.97. The molecule has 1 saturated heterocycles. The predicted octanol–water partition coefficient (Wildman–Crippen LogP) is 2.49. The van der Waals surface area contributed by atoms with Crippen LogP contribution in [0.2, 0.25) is 0 Å². The van der Waals surface area contributed by atoms with Gasteiger partial charge in [-0.2, -0.15) is 0 Å². The molecule has 1 heterocycles. The third-order valence-electron chi connectivity index (χ3n) is 4.50. The summed E-state index contributed by atoms with van der Waals surface area (Å²) in [5.74, 6) is 0.0594. The molecule has 2 unspecified atom stereocenters. The maximum absolute atomic E-state index is 12.6. The zero-order valence-corrected chi connectivity index (χ0v) is 13.5. The van der Waals surface area contributed by atoms with Crippen molar-refractivity contribution >= 4 is 5.91 Å². The Morgan fingerprint density at radius 1 is 1.18 bits per heavy atom. The van der Waals surface area contributed by atoms with Crippen molar-refractivity contribution in [2.24, 2.45) is 0 Å². The normalized spacial score (nSPS) is 19.2. The second kappa shape index (κ2) is 8.91. The van der Waals surface area contributed by atoms with E-state index in [1.54, 1.807) is 0 Å². The smallest absolute Gasteiger partial charge is 0.237 e. The van der Waals surface area contributed by atoms with Crippen molar-refractivity contribution in [1.29, 1.82) is 0 Å². The highest BCUT2D eigenvalue weighted by Gasteiger charge is 2.24. The number of aliphatic hydroxyl groups is 1. The van der Waals surface area contributed by atoms with Gasteiger partial charge in [-0.3, -0.25) is 9.69 Å². The van der Waals surface area contributed by atoms with E-state index >= 15 is 0 Å². The summed E-state index contributed by atoms with van der Waals surface area (Å²) < 4.78 is 0. The lowest BCUT2D eigenvalue weighted by Gasteiger charge is -2.28. The van der Waals surface area contributed by atoms with Crippen LogP contribution >= 0.6 is 0 Å². The van der Waals surface area contributed by atoms with Gasteiger partial charge in [0.25, 0.3) is 0 Å². The van der Waals surface area contributed by atoms with Crippen molar-refractivity contribution < 1.29 is 9.90 Å². The summed E-state index contributed by atoms with van der Waals surface area (Å²) in [5, 5.41) is 12.4. The van der Waals surface area contributed by atoms with Crippen LogP contribution in [0.4, 0.5) is 0 Å². The topological polar surface area (TPSA) is 52.6 Å². The van der Waals surface area contributed by atoms with Crippen molar-refractivity contribution in [1.82, 2.24) is 10.2 Å². The molecule has 0 spiro atoms. The first-order chi connectivity index (χ1) is 10.7. The van der Waals surface area contributed by atoms with E-state index in [9.17, 15) is 9.90 Å². The monoisotopic (exact) mass is 304 g/mol. The van der Waals surface area contributed by atoms with Gasteiger partial charge < -0.3 is 10.4 Å². The van der Waals surface area contributed by atoms with E-state index < -0.39 is 0 Å². The first kappa shape index (κ1) is 17.0. The van der Waals surface area contributed by atoms with Gasteiger partial charge in [0, 0.05) is 6.61 Å². The lowest BCUT2D eigenvalue weighted by Crippen LogP contribution is -2.46. The Labute approximate surface area is 133 Å². The molecule has 0 bridgehead atoms. The summed E-state index contributed by atoms with van der Waals surface area (Å²) in [6.07, 6.45) is 5.43. The fourth-order valence-corrected chi connectivity index (χ4v) is 3.08. The molecule has 2 atom stereocenters. The quantitative estimate of drug-likeness (QED) is 0.849. The predicted molar refractivity (Wildman–Crippen MR) is 88.5 cm³/mol. The average molecular weight is 304 g/mol. The molecule has 0 saturated carbocycles. The summed E-state index contributed by atoms with van der Waals surface area (Å²) in [5.41, 5.74) is 1.05. The second-order valence-electron chi connectivity index (χ2n) is 6.11. The van der Waals surface area contributed by atoms with Gasteiger partial charge in [0.15, 0.2) is 0 Å². The SMILES string of the molecule is CC(C(=O)NC(CCO)c1ccccc1)N1CCCCCC1. The van der Waals surface area contributed by atoms with Gasteiger partial charge in [0.1, 0.15) is 0 Å². The average Bonchev–Trinajstić information content (AvgIpc) is 2.83. The number of nitrogens with one attached hydrogen (secondary N) is 1. The van der Waals surface area contributed by atoms with Gasteiger partial charge in [-0.15, -0.1) is 0 Å². The molecule has 2 rings (SSSR count). The summed E-state index contributed by atoms with van der Waals surface area (Å²) in [7, 11) is 0. The minimum Gasteiger partial charge on any atom is -0.396 e. The van der Waals surface area contributed by atoms with E-state index in [4.69, 9.17) is 0 Å². The van der Waals surface area contributed by atoms with Crippen LogP contribution < -0.4 is 5.32 Å². The highest BCUT2D eigenvalue weighted by atomic mass is 16.3. The molecule has 2 N–H and O–H groups in total. The third kappa shape index (κ3) is 4.82. The molecule has 0 aliphatic carbocycles. The molecule has 0 aromatic heterocycles. The highest BCUT2D eigenvalue weighted by Crippen LogP contribution is 2.18. The number of rotatable bonds is 6. The lowest BCUT2D eigenvalue weighted by atomic mass is 10.0. The van der Waals surface area contributed by atoms with Crippen molar-refractivity contribution in [3.63, 3.8) is 0 Å². The number of carbonyl (C=O) groups excluding carboxylic acids is 1. The van der Waals surface area contributed by atoms with Gasteiger partial charge in [-0.05, 0) is 44.8 Å². The number of likely N-dealkylation sites (tertiary alicyclic amines) is 1. The summed E-state index contributed by atoms with van der Waals surface area (Å²) in [4.78, 5) is 14.9. The number of nitrogens with zero attached hydrogens (tertiary/aromatic N) is 1. The largest absolute Gasteiger partial charge is 0.396 e. The lowest BCUT2D eigenvalue weighted by molar-refractivity contribution is -0.126. The molecule has 1 aromatic carbocycles. The highest BCUT2D eigenvalue weighted by molar-refractivity contribution is 5.81. The Morgan fingerprint density at radius 2 is 1.82 bits per heavy atom. The molecule has 122 valence electrons. The number of carbonyl (C=O) groups is 1. The van der Waals surface area contributed by atoms with E-state index in [2.05, 4.69) is 10.2 Å². The number of benzene rings is 1. The van der Waals surface area contributed by atoms with Crippen LogP contribution in [0, 0.1) is 0 Å². The molecular formula is C18H28N2O2. The van der Waals surface area contributed by atoms with Crippen LogP contribution in [0.25, 0.3) is 0 Å². The fourth-order valence-electron chi connectivity index (χ4n) is 3.08. The summed E-state index contributed by atoms with van der Waals surface area (Å²) in [6, 6.07) is 9.65. The van der Waals surface area contributed by atoms with Crippen LogP contribution in [-0.4, -0.2) is 41.7 Å². The second-order valence-corrected chi connectivity index (χ2v) is 6.11. The van der Waals surface area contributed by atoms with Crippen molar-refractivity contribution in [3.8, 4) is 0 Å². The Kier molecular flexibility index (Phi) is 6.87. The van der Waals surface area contributed by atoms with Crippen LogP contribution in [0.5, 0.6) is 0 Å². The molecule has 1 fully saturated rings. The molecule has 1 aromatic rings. The molecule has 4 nitrogen and oxygen atoms in total. The minimum atomic E-state index is -0.117. The molecule has 22 heavy (non-hydrogen) atoms. The van der Waals surface area contributed by atoms with Gasteiger partial charge in [-0.1, -0.05) is 43.2 Å². The van der Waals surface area contributed by atoms with Crippen LogP contribution in [-0.2, 0) is 4.79 Å². The molecular weight excluding hydrogens is 276 g/mol. The first-order valence-corrected chi connectivity index (χ1v) is 8.42. The fraction of sp³-hybridized carbons (Fsp3) is 0.611. The van der Waals surface area contributed by atoms with Crippen LogP contribution in [0.1, 0.15) is 50.6 Å². The molecule has 1 aliphatic heterocycles. The maximum atomic E-state index is 12.6.